The molecule has 0 fully saturated rings. The maximum atomic E-state index is 11.6. The van der Waals surface area contributed by atoms with E-state index in [1.165, 1.54) is 11.3 Å². The maximum absolute atomic E-state index is 11.6. The minimum Gasteiger partial charge on any atom is -0.474 e. The van der Waals surface area contributed by atoms with Crippen molar-refractivity contribution in [1.82, 2.24) is 10.3 Å². The monoisotopic (exact) mass is 349 g/mol. The Hall–Kier alpha value is -1.96. The number of nitrogens with two attached hydrogens (primary N) is 1. The van der Waals surface area contributed by atoms with E-state index in [-0.39, 0.29) is 22.9 Å². The van der Waals surface area contributed by atoms with Crippen molar-refractivity contribution in [2.75, 3.05) is 13.2 Å². The smallest absolute Gasteiger partial charge is 0.264 e. The van der Waals surface area contributed by atoms with Gasteiger partial charge in [-0.25, -0.2) is 4.98 Å². The molecule has 0 aliphatic rings. The van der Waals surface area contributed by atoms with Gasteiger partial charge in [0.25, 0.3) is 5.91 Å². The maximum Gasteiger partial charge on any atom is 0.264 e. The number of aromatic nitrogens is 1. The fraction of sp³-hybridized carbons (Fsp3) is 0.412. The second-order valence-corrected chi connectivity index (χ2v) is 7.48. The highest BCUT2D eigenvalue weighted by Gasteiger charge is 2.20. The van der Waals surface area contributed by atoms with Crippen molar-refractivity contribution < 1.29 is 14.6 Å². The number of rotatable bonds is 7. The zero-order valence-electron chi connectivity index (χ0n) is 14.1. The molecule has 1 unspecified atom stereocenters. The Morgan fingerprint density at radius 2 is 2.04 bits per heavy atom. The van der Waals surface area contributed by atoms with E-state index in [1.807, 2.05) is 51.1 Å². The van der Waals surface area contributed by atoms with Crippen LogP contribution in [0.15, 0.2) is 30.3 Å². The van der Waals surface area contributed by atoms with Gasteiger partial charge in [-0.15, -0.1) is 11.3 Å². The molecule has 1 amide bonds. The summed E-state index contributed by atoms with van der Waals surface area (Å²) in [5.41, 5.74) is 6.19. The van der Waals surface area contributed by atoms with Gasteiger partial charge in [0, 0.05) is 17.6 Å². The molecule has 6 nitrogen and oxygen atoms in total. The lowest BCUT2D eigenvalue weighted by molar-refractivity contribution is 0.0935. The molecule has 24 heavy (non-hydrogen) atoms. The second-order valence-electron chi connectivity index (χ2n) is 6.48. The third-order valence-electron chi connectivity index (χ3n) is 3.12. The first kappa shape index (κ1) is 18.4. The van der Waals surface area contributed by atoms with Crippen molar-refractivity contribution in [3.8, 4) is 16.5 Å². The van der Waals surface area contributed by atoms with Crippen molar-refractivity contribution in [2.24, 2.45) is 5.73 Å². The summed E-state index contributed by atoms with van der Waals surface area (Å²) >= 11 is 1.18. The molecule has 4 N–H and O–H groups in total. The van der Waals surface area contributed by atoms with Gasteiger partial charge >= 0.3 is 0 Å². The fourth-order valence-electron chi connectivity index (χ4n) is 1.92. The van der Waals surface area contributed by atoms with Crippen LogP contribution in [-0.4, -0.2) is 40.8 Å². The predicted octanol–water partition coefficient (Wildman–Crippen LogP) is 2.04. The molecule has 130 valence electrons. The lowest BCUT2D eigenvalue weighted by atomic mass is 10.1. The number of nitrogens with zero attached hydrogens (tertiary/aromatic N) is 1. The van der Waals surface area contributed by atoms with Crippen LogP contribution in [-0.2, 0) is 0 Å². The van der Waals surface area contributed by atoms with E-state index in [2.05, 4.69) is 10.3 Å². The number of benzene rings is 1. The van der Waals surface area contributed by atoms with E-state index in [0.717, 1.165) is 5.56 Å². The van der Waals surface area contributed by atoms with Crippen molar-refractivity contribution in [3.63, 3.8) is 0 Å². The Morgan fingerprint density at radius 1 is 1.38 bits per heavy atom. The number of primary amides is 1. The summed E-state index contributed by atoms with van der Waals surface area (Å²) in [7, 11) is 0. The number of β-amino-alcohol motifs (C(OH)–C–C–N with tert-alkyl or cyclic N) is 1. The predicted molar refractivity (Wildman–Crippen MR) is 95.3 cm³/mol. The van der Waals surface area contributed by atoms with Crippen LogP contribution in [0.4, 0.5) is 0 Å². The highest BCUT2D eigenvalue weighted by molar-refractivity contribution is 7.17. The van der Waals surface area contributed by atoms with Crippen LogP contribution < -0.4 is 15.8 Å². The van der Waals surface area contributed by atoms with Gasteiger partial charge in [0.05, 0.1) is 0 Å². The topological polar surface area (TPSA) is 97.5 Å². The van der Waals surface area contributed by atoms with E-state index in [4.69, 9.17) is 10.5 Å². The molecule has 2 rings (SSSR count). The standard InChI is InChI=1S/C17H23N3O3S/c1-17(2,3)19-9-12(21)10-23-15-13(14(18)22)24-16(20-15)11-7-5-4-6-8-11/h4-8,12,19,21H,9-10H2,1-3H3,(H2,18,22). The van der Waals surface area contributed by atoms with E-state index >= 15 is 0 Å². The zero-order chi connectivity index (χ0) is 17.7. The molecule has 2 aromatic rings. The Bertz CT molecular complexity index is 680. The summed E-state index contributed by atoms with van der Waals surface area (Å²) in [5, 5.41) is 13.8. The Morgan fingerprint density at radius 3 is 2.62 bits per heavy atom. The normalized spacial score (nSPS) is 12.8. The first-order chi connectivity index (χ1) is 11.3. The van der Waals surface area contributed by atoms with E-state index in [9.17, 15) is 9.90 Å². The summed E-state index contributed by atoms with van der Waals surface area (Å²) < 4.78 is 5.54. The van der Waals surface area contributed by atoms with Crippen molar-refractivity contribution in [2.45, 2.75) is 32.4 Å². The lowest BCUT2D eigenvalue weighted by Crippen LogP contribution is -2.42. The molecule has 1 aromatic carbocycles. The Kier molecular flexibility index (Phi) is 5.93. The first-order valence-corrected chi connectivity index (χ1v) is 8.50. The molecular weight excluding hydrogens is 326 g/mol. The van der Waals surface area contributed by atoms with Crippen LogP contribution in [0.25, 0.3) is 10.6 Å². The third kappa shape index (κ3) is 5.30. The number of amides is 1. The molecule has 0 saturated heterocycles. The average molecular weight is 349 g/mol. The Labute approximate surface area is 145 Å². The van der Waals surface area contributed by atoms with E-state index in [1.54, 1.807) is 0 Å². The van der Waals surface area contributed by atoms with E-state index < -0.39 is 12.0 Å². The number of hydrogen-bond donors (Lipinski definition) is 3. The van der Waals surface area contributed by atoms with Gasteiger partial charge in [0.1, 0.15) is 17.7 Å². The summed E-state index contributed by atoms with van der Waals surface area (Å²) in [6.07, 6.45) is -0.716. The van der Waals surface area contributed by atoms with Gasteiger partial charge in [-0.1, -0.05) is 30.3 Å². The minimum absolute atomic E-state index is 0.0291. The number of ether oxygens (including phenoxy) is 1. The molecule has 1 atom stereocenters. The van der Waals surface area contributed by atoms with Crippen LogP contribution >= 0.6 is 11.3 Å². The molecular formula is C17H23N3O3S. The molecule has 1 aromatic heterocycles. The van der Waals surface area contributed by atoms with Gasteiger partial charge < -0.3 is 20.9 Å². The van der Waals surface area contributed by atoms with E-state index in [0.29, 0.717) is 11.6 Å². The second kappa shape index (κ2) is 7.74. The molecule has 0 spiro atoms. The number of aliphatic hydroxyl groups is 1. The molecule has 0 aliphatic carbocycles. The van der Waals surface area contributed by atoms with Crippen molar-refractivity contribution in [1.29, 1.82) is 0 Å². The average Bonchev–Trinajstić information content (AvgIpc) is 2.95. The van der Waals surface area contributed by atoms with Gasteiger partial charge in [-0.2, -0.15) is 0 Å². The molecule has 0 bridgehead atoms. The molecule has 0 radical (unpaired) electrons. The van der Waals surface area contributed by atoms with Gasteiger partial charge in [0.2, 0.25) is 5.88 Å². The fourth-order valence-corrected chi connectivity index (χ4v) is 2.79. The largest absolute Gasteiger partial charge is 0.474 e. The molecule has 7 heteroatoms. The SMILES string of the molecule is CC(C)(C)NCC(O)COc1nc(-c2ccccc2)sc1C(N)=O. The molecule has 1 heterocycles. The Balaban J connectivity index is 2.06. The number of thiazole rings is 1. The summed E-state index contributed by atoms with van der Waals surface area (Å²) in [5.74, 6) is -0.423. The first-order valence-electron chi connectivity index (χ1n) is 7.68. The van der Waals surface area contributed by atoms with Crippen LogP contribution in [0.2, 0.25) is 0 Å². The highest BCUT2D eigenvalue weighted by atomic mass is 32.1. The number of hydrogen-bond acceptors (Lipinski definition) is 6. The lowest BCUT2D eigenvalue weighted by Gasteiger charge is -2.22. The third-order valence-corrected chi connectivity index (χ3v) is 4.22. The summed E-state index contributed by atoms with van der Waals surface area (Å²) in [6, 6.07) is 9.49. The number of aliphatic hydroxyl groups excluding tert-OH is 1. The van der Waals surface area contributed by atoms with Crippen LogP contribution in [0.1, 0.15) is 30.4 Å². The van der Waals surface area contributed by atoms with Gasteiger partial charge in [-0.05, 0) is 20.8 Å². The quantitative estimate of drug-likeness (QED) is 0.711. The zero-order valence-corrected chi connectivity index (χ0v) is 14.9. The number of carbonyl (C=O) groups excluding carboxylic acids is 1. The molecule has 0 saturated carbocycles. The number of carbonyl (C=O) groups is 1. The van der Waals surface area contributed by atoms with Crippen LogP contribution in [0.3, 0.4) is 0 Å². The van der Waals surface area contributed by atoms with Gasteiger partial charge in [-0.3, -0.25) is 4.79 Å². The van der Waals surface area contributed by atoms with Crippen LogP contribution in [0, 0.1) is 0 Å². The minimum atomic E-state index is -0.716. The van der Waals surface area contributed by atoms with Crippen LogP contribution in [0.5, 0.6) is 5.88 Å². The number of nitrogens with one attached hydrogen (secondary N) is 1. The summed E-state index contributed by atoms with van der Waals surface area (Å²) in [4.78, 5) is 16.2. The summed E-state index contributed by atoms with van der Waals surface area (Å²) in [6.45, 7) is 6.45. The van der Waals surface area contributed by atoms with Crippen molar-refractivity contribution >= 4 is 17.2 Å². The van der Waals surface area contributed by atoms with Crippen molar-refractivity contribution in [3.05, 3.63) is 35.2 Å². The molecule has 0 aliphatic heterocycles. The van der Waals surface area contributed by atoms with Gasteiger partial charge in [0.15, 0.2) is 4.88 Å². The highest BCUT2D eigenvalue weighted by Crippen LogP contribution is 2.32.